The molecule has 0 amide bonds. The average Bonchev–Trinajstić information content (AvgIpc) is 2.57. The largest absolute Gasteiger partial charge is 0.486 e. The average molecular weight is 412 g/mol. The van der Waals surface area contributed by atoms with Crippen molar-refractivity contribution in [3.63, 3.8) is 0 Å². The SMILES string of the molecule is CC[C@H](C)[C@H](N)C(=O)O[C@@H](C)[C@H](Oc1ccc(C(F)(F)F)cc1)C(C)C.Cl. The van der Waals surface area contributed by atoms with E-state index >= 15 is 0 Å². The molecule has 0 aromatic heterocycles. The Morgan fingerprint density at radius 3 is 2.04 bits per heavy atom. The van der Waals surface area contributed by atoms with Crippen molar-refractivity contribution in [2.24, 2.45) is 17.6 Å². The molecule has 0 fully saturated rings. The highest BCUT2D eigenvalue weighted by Crippen LogP contribution is 2.31. The first-order valence-electron chi connectivity index (χ1n) is 8.77. The molecule has 0 saturated heterocycles. The van der Waals surface area contributed by atoms with Gasteiger partial charge in [-0.3, -0.25) is 4.79 Å². The Balaban J connectivity index is 0.00000676. The molecule has 0 bridgehead atoms. The van der Waals surface area contributed by atoms with Gasteiger partial charge in [0.15, 0.2) is 0 Å². The van der Waals surface area contributed by atoms with Crippen molar-refractivity contribution in [3.05, 3.63) is 29.8 Å². The van der Waals surface area contributed by atoms with Gasteiger partial charge in [-0.05, 0) is 43.0 Å². The molecule has 4 atom stereocenters. The van der Waals surface area contributed by atoms with Crippen LogP contribution in [0.3, 0.4) is 0 Å². The smallest absolute Gasteiger partial charge is 0.416 e. The Morgan fingerprint density at radius 1 is 1.11 bits per heavy atom. The predicted molar refractivity (Wildman–Crippen MR) is 101 cm³/mol. The molecule has 0 spiro atoms. The molecule has 4 nitrogen and oxygen atoms in total. The minimum atomic E-state index is -4.40. The molecule has 0 saturated carbocycles. The maximum atomic E-state index is 12.6. The van der Waals surface area contributed by atoms with E-state index in [0.717, 1.165) is 18.6 Å². The van der Waals surface area contributed by atoms with Crippen LogP contribution in [0.25, 0.3) is 0 Å². The lowest BCUT2D eigenvalue weighted by Crippen LogP contribution is -2.44. The van der Waals surface area contributed by atoms with Gasteiger partial charge in [0.2, 0.25) is 0 Å². The molecule has 8 heteroatoms. The maximum absolute atomic E-state index is 12.6. The number of benzene rings is 1. The highest BCUT2D eigenvalue weighted by Gasteiger charge is 2.31. The molecule has 1 rings (SSSR count). The zero-order chi connectivity index (χ0) is 20.1. The fourth-order valence-corrected chi connectivity index (χ4v) is 2.47. The van der Waals surface area contributed by atoms with E-state index in [1.54, 1.807) is 6.92 Å². The normalized spacial score (nSPS) is 16.1. The summed E-state index contributed by atoms with van der Waals surface area (Å²) >= 11 is 0. The van der Waals surface area contributed by atoms with E-state index in [2.05, 4.69) is 0 Å². The summed E-state index contributed by atoms with van der Waals surface area (Å²) in [4.78, 5) is 12.2. The van der Waals surface area contributed by atoms with Crippen LogP contribution in [0.5, 0.6) is 5.75 Å². The van der Waals surface area contributed by atoms with E-state index in [0.29, 0.717) is 0 Å². The van der Waals surface area contributed by atoms with Gasteiger partial charge in [0, 0.05) is 0 Å². The summed E-state index contributed by atoms with van der Waals surface area (Å²) in [7, 11) is 0. The first kappa shape index (κ1) is 25.5. The Morgan fingerprint density at radius 2 is 1.63 bits per heavy atom. The molecular weight excluding hydrogens is 383 g/mol. The monoisotopic (exact) mass is 411 g/mol. The van der Waals surface area contributed by atoms with Crippen LogP contribution in [-0.4, -0.2) is 24.2 Å². The van der Waals surface area contributed by atoms with Crippen molar-refractivity contribution in [2.45, 2.75) is 65.5 Å². The first-order valence-corrected chi connectivity index (χ1v) is 8.77. The van der Waals surface area contributed by atoms with Gasteiger partial charge >= 0.3 is 12.1 Å². The number of hydrogen-bond donors (Lipinski definition) is 1. The Hall–Kier alpha value is -1.47. The Labute approximate surface area is 165 Å². The van der Waals surface area contributed by atoms with Crippen LogP contribution >= 0.6 is 12.4 Å². The molecule has 1 aromatic rings. The second-order valence-corrected chi connectivity index (χ2v) is 6.90. The standard InChI is InChI=1S/C19H28F3NO3.ClH/c1-6-12(4)16(23)18(24)25-13(5)17(11(2)3)26-15-9-7-14(8-10-15)19(20,21)22;/h7-13,16-17H,6,23H2,1-5H3;1H/t12-,13-,16-,17+;/m0./s1. The van der Waals surface area contributed by atoms with E-state index in [4.69, 9.17) is 15.2 Å². The first-order chi connectivity index (χ1) is 12.0. The summed E-state index contributed by atoms with van der Waals surface area (Å²) in [6, 6.07) is 3.72. The third kappa shape index (κ3) is 7.58. The number of carbonyl (C=O) groups excluding carboxylic acids is 1. The van der Waals surface area contributed by atoms with Crippen LogP contribution in [-0.2, 0) is 15.7 Å². The second-order valence-electron chi connectivity index (χ2n) is 6.90. The highest BCUT2D eigenvalue weighted by molar-refractivity contribution is 5.85. The molecule has 0 heterocycles. The van der Waals surface area contributed by atoms with E-state index in [1.165, 1.54) is 12.1 Å². The highest BCUT2D eigenvalue weighted by atomic mass is 35.5. The van der Waals surface area contributed by atoms with Crippen LogP contribution in [0, 0.1) is 11.8 Å². The van der Waals surface area contributed by atoms with Gasteiger partial charge in [0.05, 0.1) is 5.56 Å². The quantitative estimate of drug-likeness (QED) is 0.622. The molecule has 1 aromatic carbocycles. The van der Waals surface area contributed by atoms with E-state index in [1.807, 2.05) is 27.7 Å². The second kappa shape index (κ2) is 10.8. The van der Waals surface area contributed by atoms with Gasteiger partial charge in [0.1, 0.15) is 24.0 Å². The third-order valence-electron chi connectivity index (χ3n) is 4.40. The number of esters is 1. The summed E-state index contributed by atoms with van der Waals surface area (Å²) in [5.74, 6) is -0.262. The van der Waals surface area contributed by atoms with Crippen LogP contribution in [0.15, 0.2) is 24.3 Å². The van der Waals surface area contributed by atoms with Crippen LogP contribution in [0.2, 0.25) is 0 Å². The summed E-state index contributed by atoms with van der Waals surface area (Å²) in [5, 5.41) is 0. The lowest BCUT2D eigenvalue weighted by Gasteiger charge is -2.29. The summed E-state index contributed by atoms with van der Waals surface area (Å²) in [5.41, 5.74) is 5.14. The number of hydrogen-bond acceptors (Lipinski definition) is 4. The molecule has 0 unspecified atom stereocenters. The van der Waals surface area contributed by atoms with Crippen molar-refractivity contribution in [3.8, 4) is 5.75 Å². The Kier molecular flexibility index (Phi) is 10.2. The molecule has 27 heavy (non-hydrogen) atoms. The Bertz CT molecular complexity index is 579. The van der Waals surface area contributed by atoms with Crippen molar-refractivity contribution in [1.82, 2.24) is 0 Å². The number of halogens is 4. The summed E-state index contributed by atoms with van der Waals surface area (Å²) < 4.78 is 49.2. The number of carbonyl (C=O) groups is 1. The van der Waals surface area contributed by atoms with Crippen molar-refractivity contribution >= 4 is 18.4 Å². The van der Waals surface area contributed by atoms with Gasteiger partial charge in [-0.2, -0.15) is 13.2 Å². The molecule has 0 radical (unpaired) electrons. The van der Waals surface area contributed by atoms with Gasteiger partial charge in [0.25, 0.3) is 0 Å². The summed E-state index contributed by atoms with van der Waals surface area (Å²) in [6.07, 6.45) is -4.76. The lowest BCUT2D eigenvalue weighted by molar-refractivity contribution is -0.157. The molecule has 2 N–H and O–H groups in total. The van der Waals surface area contributed by atoms with Crippen LogP contribution < -0.4 is 10.5 Å². The number of nitrogens with two attached hydrogens (primary N) is 1. The molecule has 156 valence electrons. The zero-order valence-corrected chi connectivity index (χ0v) is 17.1. The number of alkyl halides is 3. The van der Waals surface area contributed by atoms with Crippen molar-refractivity contribution in [1.29, 1.82) is 0 Å². The fourth-order valence-electron chi connectivity index (χ4n) is 2.47. The molecule has 0 aliphatic rings. The molecule has 0 aliphatic carbocycles. The van der Waals surface area contributed by atoms with Gasteiger partial charge < -0.3 is 15.2 Å². The zero-order valence-electron chi connectivity index (χ0n) is 16.2. The number of rotatable bonds is 8. The summed E-state index contributed by atoms with van der Waals surface area (Å²) in [6.45, 7) is 9.26. The predicted octanol–water partition coefficient (Wildman–Crippen LogP) is 4.84. The number of ether oxygens (including phenoxy) is 2. The molecule has 0 aliphatic heterocycles. The topological polar surface area (TPSA) is 61.6 Å². The van der Waals surface area contributed by atoms with Gasteiger partial charge in [-0.25, -0.2) is 0 Å². The lowest BCUT2D eigenvalue weighted by atomic mass is 9.99. The minimum absolute atomic E-state index is 0. The third-order valence-corrected chi connectivity index (χ3v) is 4.40. The van der Waals surface area contributed by atoms with E-state index in [-0.39, 0.29) is 30.0 Å². The van der Waals surface area contributed by atoms with Crippen LogP contribution in [0.4, 0.5) is 13.2 Å². The maximum Gasteiger partial charge on any atom is 0.416 e. The van der Waals surface area contributed by atoms with Crippen molar-refractivity contribution < 1.29 is 27.4 Å². The van der Waals surface area contributed by atoms with Gasteiger partial charge in [-0.15, -0.1) is 12.4 Å². The van der Waals surface area contributed by atoms with Crippen LogP contribution in [0.1, 0.15) is 46.6 Å². The minimum Gasteiger partial charge on any atom is -0.486 e. The van der Waals surface area contributed by atoms with Crippen molar-refractivity contribution in [2.75, 3.05) is 0 Å². The van der Waals surface area contributed by atoms with E-state index in [9.17, 15) is 18.0 Å². The van der Waals surface area contributed by atoms with E-state index < -0.39 is 36.0 Å². The fraction of sp³-hybridized carbons (Fsp3) is 0.632. The van der Waals surface area contributed by atoms with Gasteiger partial charge in [-0.1, -0.05) is 34.1 Å². The molecular formula is C19H29ClF3NO3.